The highest BCUT2D eigenvalue weighted by molar-refractivity contribution is 5.62. The lowest BCUT2D eigenvalue weighted by molar-refractivity contribution is 0.217. The van der Waals surface area contributed by atoms with E-state index in [1.165, 1.54) is 5.01 Å². The first-order chi connectivity index (χ1) is 10.2. The third-order valence-corrected chi connectivity index (χ3v) is 3.30. The zero-order chi connectivity index (χ0) is 15.1. The highest BCUT2D eigenvalue weighted by atomic mass is 16.5. The minimum atomic E-state index is 0.0987. The van der Waals surface area contributed by atoms with Crippen LogP contribution in [-0.2, 0) is 0 Å². The van der Waals surface area contributed by atoms with E-state index in [1.54, 1.807) is 18.6 Å². The van der Waals surface area contributed by atoms with Gasteiger partial charge in [0.2, 0.25) is 0 Å². The second-order valence-electron chi connectivity index (χ2n) is 5.06. The van der Waals surface area contributed by atoms with Crippen molar-refractivity contribution in [2.45, 2.75) is 18.9 Å². The predicted octanol–water partition coefficient (Wildman–Crippen LogP) is -0.362. The molecule has 1 aromatic rings. The maximum atomic E-state index is 8.77. The van der Waals surface area contributed by atoms with E-state index in [2.05, 4.69) is 10.3 Å². The minimum Gasteiger partial charge on any atom is -0.490 e. The van der Waals surface area contributed by atoms with Crippen LogP contribution in [0.15, 0.2) is 24.7 Å². The smallest absolute Gasteiger partial charge is 0.138 e. The van der Waals surface area contributed by atoms with E-state index in [4.69, 9.17) is 21.4 Å². The number of rotatable bonds is 8. The lowest BCUT2D eigenvalue weighted by Gasteiger charge is -2.27. The van der Waals surface area contributed by atoms with Gasteiger partial charge >= 0.3 is 0 Å². The Kier molecular flexibility index (Phi) is 5.79. The highest BCUT2D eigenvalue weighted by Gasteiger charge is 2.16. The third-order valence-electron chi connectivity index (χ3n) is 3.30. The Morgan fingerprint density at radius 2 is 2.38 bits per heavy atom. The second kappa shape index (κ2) is 7.82. The number of aliphatic hydroxyl groups excluding tert-OH is 1. The van der Waals surface area contributed by atoms with Crippen molar-refractivity contribution < 1.29 is 9.84 Å². The number of hydrogen-bond donors (Lipinski definition) is 4. The van der Waals surface area contributed by atoms with E-state index in [0.717, 1.165) is 18.5 Å². The van der Waals surface area contributed by atoms with Gasteiger partial charge in [-0.2, -0.15) is 0 Å². The summed E-state index contributed by atoms with van der Waals surface area (Å²) in [7, 11) is 0. The molecule has 1 aliphatic heterocycles. The minimum absolute atomic E-state index is 0.0987. The van der Waals surface area contributed by atoms with Gasteiger partial charge in [0.05, 0.1) is 11.9 Å². The molecule has 21 heavy (non-hydrogen) atoms. The van der Waals surface area contributed by atoms with Crippen LogP contribution >= 0.6 is 0 Å². The molecule has 1 unspecified atom stereocenters. The zero-order valence-electron chi connectivity index (χ0n) is 12.0. The van der Waals surface area contributed by atoms with Crippen molar-refractivity contribution in [3.63, 3.8) is 0 Å². The number of aromatic nitrogens is 1. The first-order valence-corrected chi connectivity index (χ1v) is 7.10. The molecular weight excluding hydrogens is 270 g/mol. The average Bonchev–Trinajstić information content (AvgIpc) is 2.44. The van der Waals surface area contributed by atoms with Crippen LogP contribution in [0.1, 0.15) is 18.4 Å². The Bertz CT molecular complexity index is 476. The topological polar surface area (TPSA) is 110 Å². The van der Waals surface area contributed by atoms with Crippen molar-refractivity contribution in [2.24, 2.45) is 11.6 Å². The third kappa shape index (κ3) is 4.89. The van der Waals surface area contributed by atoms with Gasteiger partial charge in [0.25, 0.3) is 0 Å². The normalized spacial score (nSPS) is 18.2. The van der Waals surface area contributed by atoms with Gasteiger partial charge in [-0.1, -0.05) is 0 Å². The first-order valence-electron chi connectivity index (χ1n) is 7.10. The van der Waals surface area contributed by atoms with Gasteiger partial charge in [-0.3, -0.25) is 4.98 Å². The van der Waals surface area contributed by atoms with Crippen LogP contribution in [0, 0.1) is 0 Å². The van der Waals surface area contributed by atoms with Crippen LogP contribution in [0.25, 0.3) is 5.70 Å². The molecule has 0 bridgehead atoms. The van der Waals surface area contributed by atoms with Gasteiger partial charge in [-0.05, 0) is 25.5 Å². The van der Waals surface area contributed by atoms with Gasteiger partial charge in [-0.15, -0.1) is 0 Å². The fourth-order valence-corrected chi connectivity index (χ4v) is 1.91. The van der Waals surface area contributed by atoms with Gasteiger partial charge in [0.15, 0.2) is 0 Å². The molecule has 7 nitrogen and oxygen atoms in total. The second-order valence-corrected chi connectivity index (χ2v) is 5.06. The summed E-state index contributed by atoms with van der Waals surface area (Å²) in [5.74, 6) is 6.46. The van der Waals surface area contributed by atoms with Gasteiger partial charge in [0.1, 0.15) is 12.4 Å². The van der Waals surface area contributed by atoms with Crippen LogP contribution in [0.4, 0.5) is 0 Å². The average molecular weight is 293 g/mol. The number of nitrogens with zero attached hydrogens (tertiary/aromatic N) is 2. The van der Waals surface area contributed by atoms with E-state index < -0.39 is 0 Å². The fraction of sp³-hybridized carbons (Fsp3) is 0.500. The molecule has 116 valence electrons. The summed E-state index contributed by atoms with van der Waals surface area (Å²) in [4.78, 5) is 4.13. The van der Waals surface area contributed by atoms with Crippen molar-refractivity contribution in [1.29, 1.82) is 0 Å². The van der Waals surface area contributed by atoms with Gasteiger partial charge in [-0.25, -0.2) is 5.84 Å². The summed E-state index contributed by atoms with van der Waals surface area (Å²) in [6, 6.07) is 2.27. The highest BCUT2D eigenvalue weighted by Crippen LogP contribution is 2.16. The Morgan fingerprint density at radius 1 is 1.57 bits per heavy atom. The van der Waals surface area contributed by atoms with Crippen LogP contribution in [0.5, 0.6) is 5.75 Å². The maximum absolute atomic E-state index is 8.77. The van der Waals surface area contributed by atoms with E-state index in [0.29, 0.717) is 37.1 Å². The number of hydrazine groups is 1. The van der Waals surface area contributed by atoms with E-state index in [1.807, 2.05) is 6.07 Å². The molecule has 2 rings (SSSR count). The quantitative estimate of drug-likeness (QED) is 0.382. The number of nitrogens with one attached hydrogen (secondary N) is 1. The van der Waals surface area contributed by atoms with E-state index in [9.17, 15) is 0 Å². The lowest BCUT2D eigenvalue weighted by atomic mass is 10.1. The molecule has 1 saturated heterocycles. The fourth-order valence-electron chi connectivity index (χ4n) is 1.91. The van der Waals surface area contributed by atoms with Crippen molar-refractivity contribution in [3.8, 4) is 5.75 Å². The summed E-state index contributed by atoms with van der Waals surface area (Å²) >= 11 is 0. The molecule has 1 aromatic heterocycles. The Balaban J connectivity index is 1.93. The van der Waals surface area contributed by atoms with Crippen LogP contribution in [0.2, 0.25) is 0 Å². The van der Waals surface area contributed by atoms with E-state index in [-0.39, 0.29) is 6.61 Å². The van der Waals surface area contributed by atoms with E-state index >= 15 is 0 Å². The SMILES string of the molecule is N/C(=C\N(N)CCCO)c1cncc(OCC2CCN2)c1. The van der Waals surface area contributed by atoms with Crippen molar-refractivity contribution in [2.75, 3.05) is 26.3 Å². The van der Waals surface area contributed by atoms with Gasteiger partial charge in [0, 0.05) is 37.2 Å². The first kappa shape index (κ1) is 15.6. The summed E-state index contributed by atoms with van der Waals surface area (Å²) in [6.07, 6.45) is 6.70. The molecule has 1 aliphatic rings. The summed E-state index contributed by atoms with van der Waals surface area (Å²) < 4.78 is 5.68. The molecule has 2 heterocycles. The summed E-state index contributed by atoms with van der Waals surface area (Å²) in [6.45, 7) is 2.33. The van der Waals surface area contributed by atoms with Crippen LogP contribution in [0.3, 0.4) is 0 Å². The number of hydrogen-bond acceptors (Lipinski definition) is 7. The molecule has 6 N–H and O–H groups in total. The largest absolute Gasteiger partial charge is 0.490 e. The van der Waals surface area contributed by atoms with Crippen LogP contribution in [-0.4, -0.2) is 47.4 Å². The molecule has 0 saturated carbocycles. The number of nitrogens with two attached hydrogens (primary N) is 2. The molecule has 7 heteroatoms. The standard InChI is InChI=1S/C14H23N5O2/c15-14(9-19(16)4-1-5-20)11-6-13(8-17-7-11)21-10-12-2-3-18-12/h6-9,12,18,20H,1-5,10,15-16H2/b14-9-. The monoisotopic (exact) mass is 293 g/mol. The molecule has 0 spiro atoms. The lowest BCUT2D eigenvalue weighted by Crippen LogP contribution is -2.46. The van der Waals surface area contributed by atoms with Crippen molar-refractivity contribution in [1.82, 2.24) is 15.3 Å². The summed E-state index contributed by atoms with van der Waals surface area (Å²) in [5, 5.41) is 13.5. The Labute approximate surface area is 124 Å². The molecule has 0 aromatic carbocycles. The maximum Gasteiger partial charge on any atom is 0.138 e. The van der Waals surface area contributed by atoms with Crippen molar-refractivity contribution >= 4 is 5.70 Å². The predicted molar refractivity (Wildman–Crippen MR) is 80.9 cm³/mol. The number of pyridine rings is 1. The Hall–Kier alpha value is -1.83. The molecule has 1 fully saturated rings. The Morgan fingerprint density at radius 3 is 3.05 bits per heavy atom. The molecule has 0 radical (unpaired) electrons. The number of ether oxygens (including phenoxy) is 1. The molecule has 0 aliphatic carbocycles. The van der Waals surface area contributed by atoms with Crippen molar-refractivity contribution in [3.05, 3.63) is 30.2 Å². The molecule has 0 amide bonds. The summed E-state index contributed by atoms with van der Waals surface area (Å²) in [5.41, 5.74) is 7.27. The number of aliphatic hydroxyl groups is 1. The zero-order valence-corrected chi connectivity index (χ0v) is 12.0. The molecular formula is C14H23N5O2. The van der Waals surface area contributed by atoms with Crippen LogP contribution < -0.4 is 21.6 Å². The molecule has 1 atom stereocenters. The van der Waals surface area contributed by atoms with Gasteiger partial charge < -0.3 is 25.9 Å².